The predicted octanol–water partition coefficient (Wildman–Crippen LogP) is 18.1. The molecule has 0 aromatic carbocycles. The quantitative estimate of drug-likeness (QED) is 0.0344. The molecule has 0 amide bonds. The van der Waals surface area contributed by atoms with E-state index in [1.165, 1.54) is 199 Å². The van der Waals surface area contributed by atoms with Gasteiger partial charge in [0, 0.05) is 19.3 Å². The Kier molecular flexibility index (Phi) is 47.6. The molecule has 62 heavy (non-hydrogen) atoms. The number of hydrogen-bond acceptors (Lipinski definition) is 6. The number of rotatable bonds is 50. The zero-order chi connectivity index (χ0) is 45.4. The first-order valence-electron chi connectivity index (χ1n) is 27.8. The highest BCUT2D eigenvalue weighted by atomic mass is 16.6. The molecule has 0 bridgehead atoms. The molecule has 1 unspecified atom stereocenters. The van der Waals surface area contributed by atoms with Crippen molar-refractivity contribution in [3.8, 4) is 0 Å². The number of hydrogen-bond donors (Lipinski definition) is 0. The first-order valence-corrected chi connectivity index (χ1v) is 27.8. The van der Waals surface area contributed by atoms with E-state index in [1.54, 1.807) is 0 Å². The predicted molar refractivity (Wildman–Crippen MR) is 266 cm³/mol. The minimum atomic E-state index is -0.761. The van der Waals surface area contributed by atoms with Gasteiger partial charge < -0.3 is 14.2 Å². The van der Waals surface area contributed by atoms with Gasteiger partial charge in [-0.15, -0.1) is 0 Å². The fraction of sp³-hybridized carbons (Fsp3) is 0.946. The monoisotopic (exact) mass is 877 g/mol. The Balaban J connectivity index is 4.16. The van der Waals surface area contributed by atoms with Gasteiger partial charge in [0.05, 0.1) is 0 Å². The van der Waals surface area contributed by atoms with Crippen molar-refractivity contribution in [3.05, 3.63) is 0 Å². The third-order valence-electron chi connectivity index (χ3n) is 13.1. The van der Waals surface area contributed by atoms with Gasteiger partial charge >= 0.3 is 17.9 Å². The molecule has 368 valence electrons. The fourth-order valence-electron chi connectivity index (χ4n) is 8.49. The summed E-state index contributed by atoms with van der Waals surface area (Å²) in [5.74, 6) is 0.879. The second kappa shape index (κ2) is 48.9. The largest absolute Gasteiger partial charge is 0.462 e. The fourth-order valence-corrected chi connectivity index (χ4v) is 8.49. The molecular weight excluding hydrogens is 769 g/mol. The molecule has 6 heteroatoms. The van der Waals surface area contributed by atoms with Crippen LogP contribution < -0.4 is 0 Å². The van der Waals surface area contributed by atoms with Crippen LogP contribution in [0.4, 0.5) is 0 Å². The average Bonchev–Trinajstić information content (AvgIpc) is 3.26. The molecular formula is C56H108O6. The van der Waals surface area contributed by atoms with Crippen LogP contribution in [0.2, 0.25) is 0 Å². The van der Waals surface area contributed by atoms with Gasteiger partial charge in [-0.05, 0) is 31.1 Å². The molecule has 2 atom stereocenters. The highest BCUT2D eigenvalue weighted by Gasteiger charge is 2.19. The van der Waals surface area contributed by atoms with Gasteiger partial charge in [-0.25, -0.2) is 0 Å². The van der Waals surface area contributed by atoms with Crippen LogP contribution in [0.3, 0.4) is 0 Å². The number of carbonyl (C=O) groups excluding carboxylic acids is 3. The summed E-state index contributed by atoms with van der Waals surface area (Å²) in [6.07, 6.45) is 51.0. The minimum Gasteiger partial charge on any atom is -0.462 e. The van der Waals surface area contributed by atoms with Crippen LogP contribution in [0.5, 0.6) is 0 Å². The molecule has 0 fully saturated rings. The standard InChI is InChI=1S/C56H108O6/c1-6-8-9-10-11-24-31-36-41-46-54(57)60-49-53(62-56(59)48-43-38-33-28-23-22-25-29-34-39-44-51(3)4)50-61-55(58)47-42-37-32-27-21-19-17-15-13-12-14-16-18-20-26-30-35-40-45-52(5)7-2/h51-53H,6-50H2,1-5H3/t52?,53-/m0/s1. The maximum Gasteiger partial charge on any atom is 0.306 e. The smallest absolute Gasteiger partial charge is 0.306 e. The zero-order valence-electron chi connectivity index (χ0n) is 42.5. The molecule has 0 aromatic rings. The number of esters is 3. The average molecular weight is 877 g/mol. The summed E-state index contributed by atoms with van der Waals surface area (Å²) in [6.45, 7) is 11.4. The van der Waals surface area contributed by atoms with Crippen LogP contribution in [0.25, 0.3) is 0 Å². The van der Waals surface area contributed by atoms with Gasteiger partial charge in [-0.2, -0.15) is 0 Å². The van der Waals surface area contributed by atoms with E-state index in [0.717, 1.165) is 69.6 Å². The van der Waals surface area contributed by atoms with E-state index in [-0.39, 0.29) is 31.1 Å². The third-order valence-corrected chi connectivity index (χ3v) is 13.1. The van der Waals surface area contributed by atoms with Gasteiger partial charge in [0.1, 0.15) is 13.2 Å². The number of carbonyl (C=O) groups is 3. The molecule has 0 aliphatic rings. The summed E-state index contributed by atoms with van der Waals surface area (Å²) in [6, 6.07) is 0. The maximum atomic E-state index is 12.8. The van der Waals surface area contributed by atoms with Gasteiger partial charge in [-0.1, -0.05) is 272 Å². The second-order valence-electron chi connectivity index (χ2n) is 19.9. The first-order chi connectivity index (χ1) is 30.3. The Morgan fingerprint density at radius 3 is 0.919 bits per heavy atom. The Morgan fingerprint density at radius 1 is 0.339 bits per heavy atom. The van der Waals surface area contributed by atoms with Crippen molar-refractivity contribution in [2.45, 2.75) is 317 Å². The topological polar surface area (TPSA) is 78.9 Å². The van der Waals surface area contributed by atoms with Crippen molar-refractivity contribution in [2.75, 3.05) is 13.2 Å². The van der Waals surface area contributed by atoms with E-state index in [0.29, 0.717) is 19.3 Å². The van der Waals surface area contributed by atoms with Crippen LogP contribution in [0.1, 0.15) is 311 Å². The molecule has 0 aromatic heterocycles. The summed E-state index contributed by atoms with van der Waals surface area (Å²) in [5, 5.41) is 0. The van der Waals surface area contributed by atoms with Gasteiger partial charge in [0.2, 0.25) is 0 Å². The molecule has 0 rings (SSSR count). The summed E-state index contributed by atoms with van der Waals surface area (Å²) in [4.78, 5) is 37.9. The van der Waals surface area contributed by atoms with Crippen molar-refractivity contribution in [1.29, 1.82) is 0 Å². The lowest BCUT2D eigenvalue weighted by Gasteiger charge is -2.18. The zero-order valence-corrected chi connectivity index (χ0v) is 42.5. The van der Waals surface area contributed by atoms with Crippen LogP contribution in [0, 0.1) is 11.8 Å². The Hall–Kier alpha value is -1.59. The summed E-state index contributed by atoms with van der Waals surface area (Å²) >= 11 is 0. The highest BCUT2D eigenvalue weighted by molar-refractivity contribution is 5.71. The second-order valence-corrected chi connectivity index (χ2v) is 19.9. The molecule has 0 saturated heterocycles. The molecule has 0 saturated carbocycles. The third kappa shape index (κ3) is 47.9. The molecule has 6 nitrogen and oxygen atoms in total. The Morgan fingerprint density at radius 2 is 0.613 bits per heavy atom. The van der Waals surface area contributed by atoms with E-state index >= 15 is 0 Å². The van der Waals surface area contributed by atoms with Crippen molar-refractivity contribution in [1.82, 2.24) is 0 Å². The SMILES string of the molecule is CCCCCCCCCCCC(=O)OC[C@@H](COC(=O)CCCCCCCCCCCCCCCCCCCCC(C)CC)OC(=O)CCCCCCCCCCCCC(C)C. The maximum absolute atomic E-state index is 12.8. The van der Waals surface area contributed by atoms with Gasteiger partial charge in [-0.3, -0.25) is 14.4 Å². The van der Waals surface area contributed by atoms with Crippen molar-refractivity contribution < 1.29 is 28.6 Å². The molecule has 0 heterocycles. The van der Waals surface area contributed by atoms with Crippen molar-refractivity contribution in [2.24, 2.45) is 11.8 Å². The Labute approximate surface area is 387 Å². The summed E-state index contributed by atoms with van der Waals surface area (Å²) in [5.41, 5.74) is 0. The number of unbranched alkanes of at least 4 members (excludes halogenated alkanes) is 34. The lowest BCUT2D eigenvalue weighted by Crippen LogP contribution is -2.30. The summed E-state index contributed by atoms with van der Waals surface area (Å²) < 4.78 is 16.8. The van der Waals surface area contributed by atoms with Crippen LogP contribution in [0.15, 0.2) is 0 Å². The summed E-state index contributed by atoms with van der Waals surface area (Å²) in [7, 11) is 0. The molecule has 0 N–H and O–H groups in total. The van der Waals surface area contributed by atoms with Crippen LogP contribution in [-0.4, -0.2) is 37.2 Å². The van der Waals surface area contributed by atoms with E-state index in [4.69, 9.17) is 14.2 Å². The Bertz CT molecular complexity index is 949. The van der Waals surface area contributed by atoms with Crippen LogP contribution >= 0.6 is 0 Å². The lowest BCUT2D eigenvalue weighted by molar-refractivity contribution is -0.167. The highest BCUT2D eigenvalue weighted by Crippen LogP contribution is 2.18. The van der Waals surface area contributed by atoms with Crippen LogP contribution in [-0.2, 0) is 28.6 Å². The molecule has 0 spiro atoms. The molecule has 0 aliphatic carbocycles. The number of ether oxygens (including phenoxy) is 3. The van der Waals surface area contributed by atoms with E-state index < -0.39 is 6.10 Å². The lowest BCUT2D eigenvalue weighted by atomic mass is 9.99. The van der Waals surface area contributed by atoms with Crippen molar-refractivity contribution >= 4 is 17.9 Å². The normalized spacial score (nSPS) is 12.5. The van der Waals surface area contributed by atoms with Gasteiger partial charge in [0.15, 0.2) is 6.10 Å². The van der Waals surface area contributed by atoms with Crippen molar-refractivity contribution in [3.63, 3.8) is 0 Å². The van der Waals surface area contributed by atoms with E-state index in [1.807, 2.05) is 0 Å². The molecule has 0 radical (unpaired) electrons. The molecule has 0 aliphatic heterocycles. The first kappa shape index (κ1) is 60.4. The minimum absolute atomic E-state index is 0.0634. The van der Waals surface area contributed by atoms with Gasteiger partial charge in [0.25, 0.3) is 0 Å². The van der Waals surface area contributed by atoms with E-state index in [9.17, 15) is 14.4 Å². The van der Waals surface area contributed by atoms with E-state index in [2.05, 4.69) is 34.6 Å².